The average molecular weight is 423 g/mol. The lowest BCUT2D eigenvalue weighted by Crippen LogP contribution is -2.27. The van der Waals surface area contributed by atoms with Crippen molar-refractivity contribution in [1.29, 1.82) is 0 Å². The quantitative estimate of drug-likeness (QED) is 0.593. The van der Waals surface area contributed by atoms with Crippen molar-refractivity contribution in [2.45, 2.75) is 38.6 Å². The van der Waals surface area contributed by atoms with Crippen LogP contribution in [0.2, 0.25) is 0 Å². The van der Waals surface area contributed by atoms with Crippen molar-refractivity contribution in [3.8, 4) is 0 Å². The summed E-state index contributed by atoms with van der Waals surface area (Å²) in [6.45, 7) is 7.85. The van der Waals surface area contributed by atoms with Crippen molar-refractivity contribution in [2.75, 3.05) is 4.72 Å². The molecular weight excluding hydrogens is 396 g/mol. The minimum atomic E-state index is -3.81. The number of anilines is 1. The lowest BCUT2D eigenvalue weighted by Gasteiger charge is -2.18. The second kappa shape index (κ2) is 8.71. The Morgan fingerprint density at radius 1 is 0.867 bits per heavy atom. The van der Waals surface area contributed by atoms with Crippen molar-refractivity contribution >= 4 is 21.6 Å². The van der Waals surface area contributed by atoms with Crippen LogP contribution in [-0.4, -0.2) is 14.3 Å². The molecule has 3 aromatic rings. The summed E-state index contributed by atoms with van der Waals surface area (Å²) in [6, 6.07) is 19.0. The summed E-state index contributed by atoms with van der Waals surface area (Å²) in [5.74, 6) is -0.323. The molecular formula is C24H26N2O3S. The summed E-state index contributed by atoms with van der Waals surface area (Å²) >= 11 is 0. The molecule has 0 saturated heterocycles. The van der Waals surface area contributed by atoms with Crippen molar-refractivity contribution in [1.82, 2.24) is 5.32 Å². The van der Waals surface area contributed by atoms with Gasteiger partial charge in [-0.1, -0.05) is 47.5 Å². The van der Waals surface area contributed by atoms with E-state index in [0.717, 1.165) is 22.3 Å². The second-order valence-electron chi connectivity index (χ2n) is 7.55. The van der Waals surface area contributed by atoms with Gasteiger partial charge in [-0.25, -0.2) is 8.42 Å². The molecule has 3 rings (SSSR count). The number of hydrogen-bond donors (Lipinski definition) is 2. The smallest absolute Gasteiger partial charge is 0.261 e. The van der Waals surface area contributed by atoms with Gasteiger partial charge < -0.3 is 5.32 Å². The van der Waals surface area contributed by atoms with Crippen LogP contribution in [0.1, 0.15) is 45.6 Å². The van der Waals surface area contributed by atoms with Crippen molar-refractivity contribution in [3.05, 3.63) is 94.5 Å². The minimum absolute atomic E-state index is 0.0371. The highest BCUT2D eigenvalue weighted by molar-refractivity contribution is 7.92. The maximum absolute atomic E-state index is 12.8. The van der Waals surface area contributed by atoms with Crippen LogP contribution in [-0.2, 0) is 10.0 Å². The van der Waals surface area contributed by atoms with Crippen LogP contribution in [0.25, 0.3) is 0 Å². The third kappa shape index (κ3) is 5.07. The molecule has 0 heterocycles. The Morgan fingerprint density at radius 3 is 2.23 bits per heavy atom. The molecule has 0 aromatic heterocycles. The largest absolute Gasteiger partial charge is 0.346 e. The van der Waals surface area contributed by atoms with Gasteiger partial charge in [-0.15, -0.1) is 0 Å². The molecule has 6 heteroatoms. The van der Waals surface area contributed by atoms with E-state index >= 15 is 0 Å². The molecule has 5 nitrogen and oxygen atoms in total. The number of amides is 1. The topological polar surface area (TPSA) is 75.3 Å². The van der Waals surface area contributed by atoms with Crippen LogP contribution < -0.4 is 10.0 Å². The van der Waals surface area contributed by atoms with E-state index in [1.165, 1.54) is 12.1 Å². The fourth-order valence-electron chi connectivity index (χ4n) is 3.22. The summed E-state index contributed by atoms with van der Waals surface area (Å²) in [5, 5.41) is 2.96. The van der Waals surface area contributed by atoms with Gasteiger partial charge in [-0.2, -0.15) is 0 Å². The van der Waals surface area contributed by atoms with Crippen LogP contribution >= 0.6 is 0 Å². The van der Waals surface area contributed by atoms with E-state index in [1.54, 1.807) is 24.3 Å². The highest BCUT2D eigenvalue weighted by Crippen LogP contribution is 2.21. The van der Waals surface area contributed by atoms with Gasteiger partial charge in [-0.05, 0) is 69.2 Å². The number of sulfonamides is 1. The molecule has 156 valence electrons. The normalized spacial score (nSPS) is 12.3. The molecule has 0 spiro atoms. The Morgan fingerprint density at radius 2 is 1.53 bits per heavy atom. The van der Waals surface area contributed by atoms with Gasteiger partial charge >= 0.3 is 0 Å². The number of carbonyl (C=O) groups excluding carboxylic acids is 1. The highest BCUT2D eigenvalue weighted by atomic mass is 32.2. The molecule has 0 bridgehead atoms. The summed E-state index contributed by atoms with van der Waals surface area (Å²) in [7, 11) is -3.81. The van der Waals surface area contributed by atoms with Gasteiger partial charge in [0.15, 0.2) is 0 Å². The van der Waals surface area contributed by atoms with Crippen molar-refractivity contribution in [2.24, 2.45) is 0 Å². The fraction of sp³-hybridized carbons (Fsp3) is 0.208. The molecule has 0 aliphatic heterocycles. The van der Waals surface area contributed by atoms with Crippen molar-refractivity contribution in [3.63, 3.8) is 0 Å². The summed E-state index contributed by atoms with van der Waals surface area (Å²) < 4.78 is 28.0. The highest BCUT2D eigenvalue weighted by Gasteiger charge is 2.18. The van der Waals surface area contributed by atoms with Crippen LogP contribution in [0.15, 0.2) is 71.6 Å². The zero-order valence-electron chi connectivity index (χ0n) is 17.6. The Bertz CT molecular complexity index is 1170. The van der Waals surface area contributed by atoms with Crippen LogP contribution in [0.3, 0.4) is 0 Å². The second-order valence-corrected chi connectivity index (χ2v) is 9.24. The standard InChI is InChI=1S/C24H26N2O3S/c1-16-9-12-21(13-10-16)26-30(28,29)22-7-5-6-20(15-22)24(27)25-19(4)23-14-17(2)8-11-18(23)3/h5-15,19,26H,1-4H3,(H,25,27)/t19-/m0/s1. The molecule has 1 amide bonds. The molecule has 30 heavy (non-hydrogen) atoms. The minimum Gasteiger partial charge on any atom is -0.346 e. The zero-order chi connectivity index (χ0) is 21.9. The Balaban J connectivity index is 1.79. The molecule has 0 unspecified atom stereocenters. The number of benzene rings is 3. The van der Waals surface area contributed by atoms with Crippen LogP contribution in [0.5, 0.6) is 0 Å². The number of hydrogen-bond acceptors (Lipinski definition) is 3. The van der Waals surface area contributed by atoms with Crippen LogP contribution in [0, 0.1) is 20.8 Å². The van der Waals surface area contributed by atoms with E-state index in [0.29, 0.717) is 11.3 Å². The number of aryl methyl sites for hydroxylation is 3. The Kier molecular flexibility index (Phi) is 6.27. The summed E-state index contributed by atoms with van der Waals surface area (Å²) in [5.41, 5.74) is 5.04. The summed E-state index contributed by atoms with van der Waals surface area (Å²) in [4.78, 5) is 12.8. The SMILES string of the molecule is Cc1ccc(NS(=O)(=O)c2cccc(C(=O)N[C@@H](C)c3cc(C)ccc3C)c2)cc1. The monoisotopic (exact) mass is 422 g/mol. The number of carbonyl (C=O) groups is 1. The molecule has 0 radical (unpaired) electrons. The maximum atomic E-state index is 12.8. The van der Waals surface area contributed by atoms with Crippen LogP contribution in [0.4, 0.5) is 5.69 Å². The Hall–Kier alpha value is -3.12. The average Bonchev–Trinajstić information content (AvgIpc) is 2.71. The zero-order valence-corrected chi connectivity index (χ0v) is 18.4. The van der Waals surface area contributed by atoms with Gasteiger partial charge in [0, 0.05) is 11.3 Å². The first-order chi connectivity index (χ1) is 14.2. The molecule has 1 atom stereocenters. The molecule has 0 aliphatic carbocycles. The molecule has 0 aliphatic rings. The van der Waals surface area contributed by atoms with Gasteiger partial charge in [0.2, 0.25) is 0 Å². The number of rotatable bonds is 6. The fourth-order valence-corrected chi connectivity index (χ4v) is 4.33. The maximum Gasteiger partial charge on any atom is 0.261 e. The number of nitrogens with one attached hydrogen (secondary N) is 2. The van der Waals surface area contributed by atoms with Gasteiger partial charge in [0.1, 0.15) is 0 Å². The Labute approximate surface area is 178 Å². The predicted octanol–water partition coefficient (Wildman–Crippen LogP) is 4.90. The van der Waals surface area contributed by atoms with Gasteiger partial charge in [0.05, 0.1) is 10.9 Å². The first-order valence-corrected chi connectivity index (χ1v) is 11.2. The van der Waals surface area contributed by atoms with E-state index in [-0.39, 0.29) is 16.8 Å². The molecule has 3 aromatic carbocycles. The van der Waals surface area contributed by atoms with Gasteiger partial charge in [-0.3, -0.25) is 9.52 Å². The van der Waals surface area contributed by atoms with E-state index < -0.39 is 10.0 Å². The van der Waals surface area contributed by atoms with E-state index in [1.807, 2.05) is 58.0 Å². The van der Waals surface area contributed by atoms with E-state index in [9.17, 15) is 13.2 Å². The van der Waals surface area contributed by atoms with E-state index in [4.69, 9.17) is 0 Å². The van der Waals surface area contributed by atoms with Gasteiger partial charge in [0.25, 0.3) is 15.9 Å². The molecule has 0 fully saturated rings. The third-order valence-electron chi connectivity index (χ3n) is 4.96. The van der Waals surface area contributed by atoms with E-state index in [2.05, 4.69) is 10.0 Å². The molecule has 0 saturated carbocycles. The lowest BCUT2D eigenvalue weighted by atomic mass is 10.00. The summed E-state index contributed by atoms with van der Waals surface area (Å²) in [6.07, 6.45) is 0. The predicted molar refractivity (Wildman–Crippen MR) is 120 cm³/mol. The third-order valence-corrected chi connectivity index (χ3v) is 6.34. The molecule has 2 N–H and O–H groups in total. The van der Waals surface area contributed by atoms with Crippen molar-refractivity contribution < 1.29 is 13.2 Å². The lowest BCUT2D eigenvalue weighted by molar-refractivity contribution is 0.0939. The first-order valence-electron chi connectivity index (χ1n) is 9.73. The first kappa shape index (κ1) is 21.6.